The molecule has 220 valence electrons. The van der Waals surface area contributed by atoms with Gasteiger partial charge in [0.25, 0.3) is 0 Å². The molecule has 0 bridgehead atoms. The van der Waals surface area contributed by atoms with Gasteiger partial charge >= 0.3 is 0 Å². The topological polar surface area (TPSA) is 79.2 Å². The highest BCUT2D eigenvalue weighted by Gasteiger charge is 2.46. The van der Waals surface area contributed by atoms with Gasteiger partial charge in [-0.25, -0.2) is 0 Å². The Morgan fingerprint density at radius 2 is 1.07 bits per heavy atom. The first-order chi connectivity index (χ1) is 21.7. The molecule has 0 aliphatic heterocycles. The van der Waals surface area contributed by atoms with E-state index in [-0.39, 0.29) is 33.0 Å². The lowest BCUT2D eigenvalue weighted by atomic mass is 9.67. The first-order valence-corrected chi connectivity index (χ1v) is 15.1. The number of fused-ring (bicyclic) bond motifs is 5. The Bertz CT molecular complexity index is 1930. The number of ether oxygens (including phenoxy) is 2. The predicted molar refractivity (Wildman–Crippen MR) is 175 cm³/mol. The van der Waals surface area contributed by atoms with Crippen LogP contribution in [0.5, 0.6) is 11.5 Å². The van der Waals surface area contributed by atoms with Crippen molar-refractivity contribution >= 4 is 21.5 Å². The zero-order valence-corrected chi connectivity index (χ0v) is 24.4. The van der Waals surface area contributed by atoms with Gasteiger partial charge in [0.1, 0.15) is 24.7 Å². The fourth-order valence-corrected chi connectivity index (χ4v) is 6.90. The summed E-state index contributed by atoms with van der Waals surface area (Å²) in [5.74, 6) is 1.43. The molecule has 0 amide bonds. The molecular formula is C39H34O5. The molecule has 0 unspecified atom stereocenters. The van der Waals surface area contributed by atoms with Crippen LogP contribution in [0.4, 0.5) is 0 Å². The second-order valence-corrected chi connectivity index (χ2v) is 11.2. The fraction of sp³-hybridized carbons (Fsp3) is 0.179. The van der Waals surface area contributed by atoms with Gasteiger partial charge in [-0.15, -0.1) is 0 Å². The minimum atomic E-state index is -0.565. The maximum atomic E-state index is 9.80. The molecule has 0 radical (unpaired) electrons. The molecule has 0 heterocycles. The van der Waals surface area contributed by atoms with Crippen molar-refractivity contribution in [1.29, 1.82) is 0 Å². The van der Waals surface area contributed by atoms with Crippen molar-refractivity contribution in [2.24, 2.45) is 0 Å². The summed E-state index contributed by atoms with van der Waals surface area (Å²) in [5.41, 5.74) is 7.60. The smallest absolute Gasteiger partial charge is 0.123 e. The van der Waals surface area contributed by atoms with Gasteiger partial charge in [0, 0.05) is 6.61 Å². The number of hydrogen-bond acceptors (Lipinski definition) is 5. The van der Waals surface area contributed by atoms with E-state index in [9.17, 15) is 15.3 Å². The lowest BCUT2D eigenvalue weighted by Crippen LogP contribution is -2.28. The molecule has 0 aromatic heterocycles. The second-order valence-electron chi connectivity index (χ2n) is 11.2. The van der Waals surface area contributed by atoms with Gasteiger partial charge in [-0.1, -0.05) is 78.9 Å². The summed E-state index contributed by atoms with van der Waals surface area (Å²) in [6, 6.07) is 40.9. The van der Waals surface area contributed by atoms with E-state index < -0.39 is 5.41 Å². The molecule has 0 spiro atoms. The van der Waals surface area contributed by atoms with E-state index in [0.717, 1.165) is 38.4 Å². The largest absolute Gasteiger partial charge is 0.491 e. The molecule has 0 saturated carbocycles. The number of rotatable bonds is 10. The number of aliphatic hydroxyl groups is 3. The number of benzene rings is 6. The number of aliphatic hydroxyl groups excluding tert-OH is 3. The Morgan fingerprint density at radius 3 is 1.73 bits per heavy atom. The summed E-state index contributed by atoms with van der Waals surface area (Å²) in [6.45, 7) is 0.379. The van der Waals surface area contributed by atoms with Crippen LogP contribution >= 0.6 is 0 Å². The summed E-state index contributed by atoms with van der Waals surface area (Å²) in [7, 11) is 0. The highest BCUT2D eigenvalue weighted by Crippen LogP contribution is 2.56. The van der Waals surface area contributed by atoms with Crippen molar-refractivity contribution in [3.63, 3.8) is 0 Å². The average Bonchev–Trinajstić information content (AvgIpc) is 3.37. The highest BCUT2D eigenvalue weighted by molar-refractivity contribution is 5.92. The summed E-state index contributed by atoms with van der Waals surface area (Å²) in [4.78, 5) is 0. The number of hydrogen-bond donors (Lipinski definition) is 3. The molecule has 44 heavy (non-hydrogen) atoms. The predicted octanol–water partition coefficient (Wildman–Crippen LogP) is 6.63. The van der Waals surface area contributed by atoms with E-state index >= 15 is 0 Å². The van der Waals surface area contributed by atoms with E-state index in [2.05, 4.69) is 97.1 Å². The average molecular weight is 583 g/mol. The zero-order chi connectivity index (χ0) is 30.1. The van der Waals surface area contributed by atoms with Crippen molar-refractivity contribution in [1.82, 2.24) is 0 Å². The van der Waals surface area contributed by atoms with E-state index in [4.69, 9.17) is 9.47 Å². The second kappa shape index (κ2) is 11.8. The lowest BCUT2D eigenvalue weighted by molar-refractivity contribution is 0.199. The molecule has 3 N–H and O–H groups in total. The third-order valence-electron chi connectivity index (χ3n) is 8.74. The molecular weight excluding hydrogens is 548 g/mol. The van der Waals surface area contributed by atoms with Crippen LogP contribution in [-0.2, 0) is 11.8 Å². The molecule has 0 atom stereocenters. The molecule has 1 aliphatic rings. The van der Waals surface area contributed by atoms with Gasteiger partial charge in [-0.05, 0) is 103 Å². The zero-order valence-electron chi connectivity index (χ0n) is 24.4. The normalized spacial score (nSPS) is 13.2. The summed E-state index contributed by atoms with van der Waals surface area (Å²) < 4.78 is 11.5. The summed E-state index contributed by atoms with van der Waals surface area (Å²) in [6.07, 6.45) is 0.465. The van der Waals surface area contributed by atoms with Crippen LogP contribution in [0.15, 0.2) is 115 Å². The van der Waals surface area contributed by atoms with E-state index in [1.807, 2.05) is 18.2 Å². The maximum absolute atomic E-state index is 9.80. The van der Waals surface area contributed by atoms with Crippen molar-refractivity contribution in [3.8, 4) is 22.6 Å². The Morgan fingerprint density at radius 1 is 0.500 bits per heavy atom. The van der Waals surface area contributed by atoms with E-state index in [1.165, 1.54) is 27.8 Å². The van der Waals surface area contributed by atoms with Gasteiger partial charge in [0.15, 0.2) is 0 Å². The Hall–Kier alpha value is -4.68. The van der Waals surface area contributed by atoms with Crippen LogP contribution in [0.25, 0.3) is 32.7 Å². The van der Waals surface area contributed by atoms with Crippen LogP contribution in [0.2, 0.25) is 0 Å². The standard InChI is InChI=1S/C39H34O5/c40-16-15-29-21-30-23-32(13-10-28(30)25-38(29)44-20-18-42)39(36-7-3-1-5-34(36)35-6-2-4-8-37(35)39)31-12-9-27-24-33(43-19-17-41)14-11-26(27)22-31/h1-14,21-25,40-42H,15-20H2. The Labute approximate surface area is 256 Å². The monoisotopic (exact) mass is 582 g/mol. The van der Waals surface area contributed by atoms with E-state index in [0.29, 0.717) is 12.2 Å². The molecule has 1 aliphatic carbocycles. The van der Waals surface area contributed by atoms with Crippen molar-refractivity contribution in [2.45, 2.75) is 11.8 Å². The molecule has 5 heteroatoms. The molecule has 0 fully saturated rings. The van der Waals surface area contributed by atoms with Crippen molar-refractivity contribution < 1.29 is 24.8 Å². The fourth-order valence-electron chi connectivity index (χ4n) is 6.90. The van der Waals surface area contributed by atoms with Crippen LogP contribution < -0.4 is 9.47 Å². The molecule has 6 aromatic carbocycles. The van der Waals surface area contributed by atoms with Crippen LogP contribution in [-0.4, -0.2) is 48.4 Å². The van der Waals surface area contributed by atoms with Gasteiger partial charge in [0.2, 0.25) is 0 Å². The van der Waals surface area contributed by atoms with Gasteiger partial charge in [0.05, 0.1) is 18.6 Å². The first kappa shape index (κ1) is 28.1. The van der Waals surface area contributed by atoms with Crippen LogP contribution in [0.3, 0.4) is 0 Å². The SMILES string of the molecule is OCCOc1ccc2cc(C3(c4ccc5cc(OCCO)c(CCO)cc5c4)c4ccccc4-c4ccccc43)ccc2c1. The molecule has 7 rings (SSSR count). The molecule has 5 nitrogen and oxygen atoms in total. The molecule has 0 saturated heterocycles. The van der Waals surface area contributed by atoms with E-state index in [1.54, 1.807) is 0 Å². The minimum Gasteiger partial charge on any atom is -0.491 e. The first-order valence-electron chi connectivity index (χ1n) is 15.1. The van der Waals surface area contributed by atoms with Crippen molar-refractivity contribution in [2.75, 3.05) is 33.0 Å². The van der Waals surface area contributed by atoms with Gasteiger partial charge in [-0.2, -0.15) is 0 Å². The minimum absolute atomic E-state index is 0.00914. The summed E-state index contributed by atoms with van der Waals surface area (Å²) in [5, 5.41) is 32.6. The maximum Gasteiger partial charge on any atom is 0.123 e. The molecule has 6 aromatic rings. The highest BCUT2D eigenvalue weighted by atomic mass is 16.5. The summed E-state index contributed by atoms with van der Waals surface area (Å²) >= 11 is 0. The third-order valence-corrected chi connectivity index (χ3v) is 8.74. The van der Waals surface area contributed by atoms with Crippen LogP contribution in [0, 0.1) is 0 Å². The van der Waals surface area contributed by atoms with Gasteiger partial charge < -0.3 is 24.8 Å². The quantitative estimate of drug-likeness (QED) is 0.169. The third kappa shape index (κ3) is 4.61. The van der Waals surface area contributed by atoms with Crippen molar-refractivity contribution in [3.05, 3.63) is 143 Å². The van der Waals surface area contributed by atoms with Gasteiger partial charge in [-0.3, -0.25) is 0 Å². The lowest BCUT2D eigenvalue weighted by Gasteiger charge is -2.34. The Kier molecular flexibility index (Phi) is 7.52. The van der Waals surface area contributed by atoms with Crippen LogP contribution in [0.1, 0.15) is 27.8 Å². The Balaban J connectivity index is 1.48.